The zero-order chi connectivity index (χ0) is 21.7. The van der Waals surface area contributed by atoms with Crippen LogP contribution in [-0.4, -0.2) is 63.4 Å². The molecule has 2 aromatic heterocycles. The number of anilines is 2. The van der Waals surface area contributed by atoms with E-state index in [0.29, 0.717) is 49.1 Å². The number of hydrogen-bond acceptors (Lipinski definition) is 7. The molecule has 9 heteroatoms. The number of aryl methyl sites for hydroxylation is 1. The van der Waals surface area contributed by atoms with Crippen LogP contribution in [0.1, 0.15) is 29.5 Å². The van der Waals surface area contributed by atoms with Gasteiger partial charge in [0.1, 0.15) is 0 Å². The van der Waals surface area contributed by atoms with Gasteiger partial charge in [0.2, 0.25) is 0 Å². The average molecular weight is 430 g/mol. The third-order valence-corrected chi connectivity index (χ3v) is 5.97. The first-order valence-electron chi connectivity index (χ1n) is 9.83. The molecule has 0 bridgehead atoms. The largest absolute Gasteiger partial charge is 0.504 e. The molecule has 0 aliphatic carbocycles. The number of rotatable bonds is 7. The van der Waals surface area contributed by atoms with Crippen molar-refractivity contribution in [3.05, 3.63) is 41.6 Å². The number of urea groups is 1. The predicted molar refractivity (Wildman–Crippen MR) is 121 cm³/mol. The average Bonchev–Trinajstić information content (AvgIpc) is 3.13. The van der Waals surface area contributed by atoms with Crippen LogP contribution in [0.3, 0.4) is 0 Å². The van der Waals surface area contributed by atoms with Gasteiger partial charge in [-0.05, 0) is 43.5 Å². The molecule has 0 unspecified atom stereocenters. The Labute approximate surface area is 180 Å². The van der Waals surface area contributed by atoms with Gasteiger partial charge in [0, 0.05) is 38.5 Å². The van der Waals surface area contributed by atoms with E-state index < -0.39 is 0 Å². The number of pyridine rings is 1. The minimum absolute atomic E-state index is 0.0771. The quantitative estimate of drug-likeness (QED) is 0.625. The SMILES string of the molecule is C=Cc1nc(NC(=O)N2CCN(c3ncc(CCCO)cc3O)C[C@@H]2C)sc1C=C. The van der Waals surface area contributed by atoms with Crippen LogP contribution in [-0.2, 0) is 6.42 Å². The van der Waals surface area contributed by atoms with Gasteiger partial charge < -0.3 is 20.0 Å². The fourth-order valence-electron chi connectivity index (χ4n) is 3.46. The molecule has 0 spiro atoms. The molecule has 160 valence electrons. The summed E-state index contributed by atoms with van der Waals surface area (Å²) in [6.45, 7) is 11.2. The van der Waals surface area contributed by atoms with Crippen molar-refractivity contribution >= 4 is 40.5 Å². The van der Waals surface area contributed by atoms with Crippen LogP contribution < -0.4 is 10.2 Å². The molecule has 3 heterocycles. The summed E-state index contributed by atoms with van der Waals surface area (Å²) in [7, 11) is 0. The third kappa shape index (κ3) is 4.80. The molecule has 1 aliphatic heterocycles. The van der Waals surface area contributed by atoms with E-state index in [1.807, 2.05) is 11.8 Å². The summed E-state index contributed by atoms with van der Waals surface area (Å²) in [6, 6.07) is 1.41. The number of hydrogen-bond donors (Lipinski definition) is 3. The van der Waals surface area contributed by atoms with Crippen molar-refractivity contribution in [2.45, 2.75) is 25.8 Å². The maximum atomic E-state index is 12.8. The van der Waals surface area contributed by atoms with E-state index in [4.69, 9.17) is 5.11 Å². The van der Waals surface area contributed by atoms with Crippen LogP contribution in [0.15, 0.2) is 25.4 Å². The summed E-state index contributed by atoms with van der Waals surface area (Å²) in [4.78, 5) is 26.1. The van der Waals surface area contributed by atoms with E-state index in [9.17, 15) is 9.90 Å². The van der Waals surface area contributed by atoms with Gasteiger partial charge in [-0.25, -0.2) is 14.8 Å². The van der Waals surface area contributed by atoms with Gasteiger partial charge in [0.05, 0.1) is 10.6 Å². The Hall–Kier alpha value is -2.91. The molecule has 8 nitrogen and oxygen atoms in total. The van der Waals surface area contributed by atoms with Crippen molar-refractivity contribution in [3.8, 4) is 5.75 Å². The second-order valence-electron chi connectivity index (χ2n) is 7.11. The normalized spacial score (nSPS) is 16.4. The zero-order valence-electron chi connectivity index (χ0n) is 17.0. The van der Waals surface area contributed by atoms with Gasteiger partial charge in [0.15, 0.2) is 16.7 Å². The number of aromatic nitrogens is 2. The summed E-state index contributed by atoms with van der Waals surface area (Å²) in [6.07, 6.45) is 6.36. The van der Waals surface area contributed by atoms with Crippen molar-refractivity contribution in [2.75, 3.05) is 36.5 Å². The number of aliphatic hydroxyl groups excluding tert-OH is 1. The standard InChI is InChI=1S/C21H27N5O3S/c1-4-16-18(5-2)30-20(23-16)24-21(29)26-9-8-25(13-14(26)3)19-17(28)11-15(12-22-19)7-6-10-27/h4-5,11-12,14,27-28H,1-2,6-10,13H2,3H3,(H,23,24,29)/t14-/m0/s1. The summed E-state index contributed by atoms with van der Waals surface area (Å²) in [5, 5.41) is 22.7. The molecule has 3 N–H and O–H groups in total. The van der Waals surface area contributed by atoms with Crippen molar-refractivity contribution in [3.63, 3.8) is 0 Å². The fraction of sp³-hybridized carbons (Fsp3) is 0.381. The van der Waals surface area contributed by atoms with Crippen LogP contribution >= 0.6 is 11.3 Å². The Morgan fingerprint density at radius 1 is 1.40 bits per heavy atom. The third-order valence-electron chi connectivity index (χ3n) is 4.99. The zero-order valence-corrected chi connectivity index (χ0v) is 17.9. The van der Waals surface area contributed by atoms with E-state index >= 15 is 0 Å². The monoisotopic (exact) mass is 429 g/mol. The van der Waals surface area contributed by atoms with Gasteiger partial charge in [0.25, 0.3) is 0 Å². The Kier molecular flexibility index (Phi) is 7.07. The Morgan fingerprint density at radius 3 is 2.80 bits per heavy atom. The number of aliphatic hydroxyl groups is 1. The molecule has 30 heavy (non-hydrogen) atoms. The van der Waals surface area contributed by atoms with E-state index in [1.54, 1.807) is 29.3 Å². The Balaban J connectivity index is 1.63. The topological polar surface area (TPSA) is 102 Å². The maximum Gasteiger partial charge on any atom is 0.324 e. The molecule has 1 saturated heterocycles. The van der Waals surface area contributed by atoms with Gasteiger partial charge in [-0.1, -0.05) is 24.5 Å². The lowest BCUT2D eigenvalue weighted by Gasteiger charge is -2.40. The number of piperazine rings is 1. The molecular weight excluding hydrogens is 402 g/mol. The highest BCUT2D eigenvalue weighted by molar-refractivity contribution is 7.16. The molecule has 0 radical (unpaired) electrons. The lowest BCUT2D eigenvalue weighted by Crippen LogP contribution is -2.55. The first kappa shape index (κ1) is 21.8. The van der Waals surface area contributed by atoms with Crippen molar-refractivity contribution in [1.29, 1.82) is 0 Å². The van der Waals surface area contributed by atoms with E-state index in [0.717, 1.165) is 10.4 Å². The van der Waals surface area contributed by atoms with E-state index in [2.05, 4.69) is 28.4 Å². The minimum Gasteiger partial charge on any atom is -0.504 e. The maximum absolute atomic E-state index is 12.8. The van der Waals surface area contributed by atoms with Gasteiger partial charge in [-0.2, -0.15) is 0 Å². The molecule has 1 atom stereocenters. The smallest absolute Gasteiger partial charge is 0.324 e. The van der Waals surface area contributed by atoms with E-state index in [1.165, 1.54) is 11.3 Å². The van der Waals surface area contributed by atoms with Crippen LogP contribution in [0.25, 0.3) is 12.2 Å². The highest BCUT2D eigenvalue weighted by Crippen LogP contribution is 2.29. The molecule has 0 saturated carbocycles. The first-order chi connectivity index (χ1) is 14.5. The number of carbonyl (C=O) groups is 1. The van der Waals surface area contributed by atoms with Crippen LogP contribution in [0.4, 0.5) is 15.7 Å². The number of nitrogens with one attached hydrogen (secondary N) is 1. The summed E-state index contributed by atoms with van der Waals surface area (Å²) < 4.78 is 0. The highest BCUT2D eigenvalue weighted by atomic mass is 32.1. The number of thiazole rings is 1. The molecule has 3 rings (SSSR count). The summed E-state index contributed by atoms with van der Waals surface area (Å²) in [5.41, 5.74) is 1.59. The number of aromatic hydroxyl groups is 1. The summed E-state index contributed by atoms with van der Waals surface area (Å²) >= 11 is 1.36. The first-order valence-corrected chi connectivity index (χ1v) is 10.7. The van der Waals surface area contributed by atoms with Crippen molar-refractivity contribution < 1.29 is 15.0 Å². The van der Waals surface area contributed by atoms with E-state index in [-0.39, 0.29) is 24.4 Å². The van der Waals surface area contributed by atoms with Crippen molar-refractivity contribution in [1.82, 2.24) is 14.9 Å². The Morgan fingerprint density at radius 2 is 2.20 bits per heavy atom. The Bertz CT molecular complexity index is 904. The van der Waals surface area contributed by atoms with Gasteiger partial charge in [-0.3, -0.25) is 5.32 Å². The van der Waals surface area contributed by atoms with Crippen LogP contribution in [0, 0.1) is 0 Å². The fourth-order valence-corrected chi connectivity index (χ4v) is 4.26. The van der Waals surface area contributed by atoms with Gasteiger partial charge >= 0.3 is 6.03 Å². The number of carbonyl (C=O) groups excluding carboxylic acids is 1. The minimum atomic E-state index is -0.210. The second-order valence-corrected chi connectivity index (χ2v) is 8.14. The number of nitrogens with zero attached hydrogens (tertiary/aromatic N) is 4. The molecule has 2 amide bonds. The molecule has 1 aliphatic rings. The molecular formula is C21H27N5O3S. The lowest BCUT2D eigenvalue weighted by atomic mass is 10.1. The molecule has 2 aromatic rings. The second kappa shape index (κ2) is 9.73. The predicted octanol–water partition coefficient (Wildman–Crippen LogP) is 3.20. The lowest BCUT2D eigenvalue weighted by molar-refractivity contribution is 0.184. The van der Waals surface area contributed by atoms with Gasteiger partial charge in [-0.15, -0.1) is 0 Å². The highest BCUT2D eigenvalue weighted by Gasteiger charge is 2.29. The molecule has 0 aromatic carbocycles. The molecule has 1 fully saturated rings. The van der Waals surface area contributed by atoms with Crippen molar-refractivity contribution in [2.24, 2.45) is 0 Å². The summed E-state index contributed by atoms with van der Waals surface area (Å²) in [5.74, 6) is 0.632. The van der Waals surface area contributed by atoms with Crippen LogP contribution in [0.5, 0.6) is 5.75 Å². The van der Waals surface area contributed by atoms with Crippen LogP contribution in [0.2, 0.25) is 0 Å². The number of amides is 2.